The lowest BCUT2D eigenvalue weighted by molar-refractivity contribution is -0.124. The van der Waals surface area contributed by atoms with E-state index in [-0.39, 0.29) is 17.7 Å². The standard InChI is InChI=1S/C16H21N3O2/c1-12(2)16(21)19-10-9-18-15(20)8-7-13-3-5-14(11-17)6-4-13/h3-6,12H,7-10H2,1-2H3,(H,18,20)(H,19,21). The van der Waals surface area contributed by atoms with Crippen LogP contribution < -0.4 is 10.6 Å². The minimum atomic E-state index is -0.0444. The van der Waals surface area contributed by atoms with Gasteiger partial charge in [0.15, 0.2) is 0 Å². The number of hydrogen-bond acceptors (Lipinski definition) is 3. The van der Waals surface area contributed by atoms with Crippen LogP contribution >= 0.6 is 0 Å². The van der Waals surface area contributed by atoms with Crippen LogP contribution in [0.4, 0.5) is 0 Å². The van der Waals surface area contributed by atoms with E-state index < -0.39 is 0 Å². The van der Waals surface area contributed by atoms with Crippen molar-refractivity contribution in [1.29, 1.82) is 5.26 Å². The van der Waals surface area contributed by atoms with Crippen LogP contribution in [-0.2, 0) is 16.0 Å². The number of carbonyl (C=O) groups excluding carboxylic acids is 2. The number of benzene rings is 1. The van der Waals surface area contributed by atoms with Crippen molar-refractivity contribution in [2.24, 2.45) is 5.92 Å². The zero-order chi connectivity index (χ0) is 15.7. The molecule has 0 radical (unpaired) electrons. The number of hydrogen-bond donors (Lipinski definition) is 2. The predicted molar refractivity (Wildman–Crippen MR) is 80.3 cm³/mol. The maximum absolute atomic E-state index is 11.6. The van der Waals surface area contributed by atoms with Gasteiger partial charge in [0.1, 0.15) is 0 Å². The van der Waals surface area contributed by atoms with Gasteiger partial charge >= 0.3 is 0 Å². The summed E-state index contributed by atoms with van der Waals surface area (Å²) >= 11 is 0. The molecule has 0 saturated heterocycles. The van der Waals surface area contributed by atoms with Crippen molar-refractivity contribution in [3.05, 3.63) is 35.4 Å². The molecule has 1 aromatic rings. The van der Waals surface area contributed by atoms with Crippen LogP contribution in [0.1, 0.15) is 31.4 Å². The Kier molecular flexibility index (Phi) is 6.96. The van der Waals surface area contributed by atoms with Gasteiger partial charge in [-0.25, -0.2) is 0 Å². The molecule has 0 spiro atoms. The summed E-state index contributed by atoms with van der Waals surface area (Å²) in [4.78, 5) is 22.9. The highest BCUT2D eigenvalue weighted by Crippen LogP contribution is 2.05. The first-order chi connectivity index (χ1) is 10.0. The third-order valence-electron chi connectivity index (χ3n) is 2.99. The van der Waals surface area contributed by atoms with E-state index in [0.717, 1.165) is 5.56 Å². The Morgan fingerprint density at radius 3 is 2.33 bits per heavy atom. The van der Waals surface area contributed by atoms with Crippen LogP contribution in [0.3, 0.4) is 0 Å². The van der Waals surface area contributed by atoms with Crippen molar-refractivity contribution < 1.29 is 9.59 Å². The van der Waals surface area contributed by atoms with E-state index in [1.165, 1.54) is 0 Å². The molecule has 5 heteroatoms. The summed E-state index contributed by atoms with van der Waals surface area (Å²) in [5.74, 6) is -0.0999. The normalized spacial score (nSPS) is 10.0. The Morgan fingerprint density at radius 2 is 1.76 bits per heavy atom. The zero-order valence-corrected chi connectivity index (χ0v) is 12.5. The molecule has 2 amide bonds. The van der Waals surface area contributed by atoms with Gasteiger partial charge < -0.3 is 10.6 Å². The largest absolute Gasteiger partial charge is 0.354 e. The summed E-state index contributed by atoms with van der Waals surface area (Å²) in [5, 5.41) is 14.2. The smallest absolute Gasteiger partial charge is 0.222 e. The summed E-state index contributed by atoms with van der Waals surface area (Å²) in [6.07, 6.45) is 1.03. The van der Waals surface area contributed by atoms with Crippen LogP contribution in [0.2, 0.25) is 0 Å². The van der Waals surface area contributed by atoms with Crippen LogP contribution in [0.15, 0.2) is 24.3 Å². The number of aryl methyl sites for hydroxylation is 1. The molecule has 2 N–H and O–H groups in total. The highest BCUT2D eigenvalue weighted by molar-refractivity contribution is 5.78. The monoisotopic (exact) mass is 287 g/mol. The lowest BCUT2D eigenvalue weighted by Crippen LogP contribution is -2.36. The number of carbonyl (C=O) groups is 2. The molecule has 112 valence electrons. The molecule has 0 aliphatic carbocycles. The van der Waals surface area contributed by atoms with Gasteiger partial charge in [0.05, 0.1) is 11.6 Å². The number of nitrogens with zero attached hydrogens (tertiary/aromatic N) is 1. The lowest BCUT2D eigenvalue weighted by atomic mass is 10.1. The SMILES string of the molecule is CC(C)C(=O)NCCNC(=O)CCc1ccc(C#N)cc1. The topological polar surface area (TPSA) is 82.0 Å². The van der Waals surface area contributed by atoms with Crippen molar-refractivity contribution in [3.8, 4) is 6.07 Å². The van der Waals surface area contributed by atoms with Crippen molar-refractivity contribution in [1.82, 2.24) is 10.6 Å². The molecule has 21 heavy (non-hydrogen) atoms. The van der Waals surface area contributed by atoms with Gasteiger partial charge in [-0.05, 0) is 24.1 Å². The summed E-state index contributed by atoms with van der Waals surface area (Å²) in [6.45, 7) is 4.53. The van der Waals surface area contributed by atoms with E-state index in [2.05, 4.69) is 16.7 Å². The molecule has 0 heterocycles. The third-order valence-corrected chi connectivity index (χ3v) is 2.99. The molecule has 1 aromatic carbocycles. The Morgan fingerprint density at radius 1 is 1.14 bits per heavy atom. The number of nitriles is 1. The molecule has 0 unspecified atom stereocenters. The molecule has 1 rings (SSSR count). The molecule has 0 aliphatic heterocycles. The first-order valence-corrected chi connectivity index (χ1v) is 7.06. The predicted octanol–water partition coefficient (Wildman–Crippen LogP) is 1.38. The maximum atomic E-state index is 11.6. The van der Waals surface area contributed by atoms with Gasteiger partial charge in [0.2, 0.25) is 11.8 Å². The van der Waals surface area contributed by atoms with Crippen molar-refractivity contribution >= 4 is 11.8 Å². The molecule has 0 saturated carbocycles. The zero-order valence-electron chi connectivity index (χ0n) is 12.5. The fourth-order valence-corrected chi connectivity index (χ4v) is 1.68. The lowest BCUT2D eigenvalue weighted by Gasteiger charge is -2.08. The average Bonchev–Trinajstić information content (AvgIpc) is 2.49. The van der Waals surface area contributed by atoms with Gasteiger partial charge in [0, 0.05) is 25.4 Å². The van der Waals surface area contributed by atoms with Crippen molar-refractivity contribution in [2.45, 2.75) is 26.7 Å². The second-order valence-electron chi connectivity index (χ2n) is 5.10. The molecular formula is C16H21N3O2. The molecule has 0 aliphatic rings. The van der Waals surface area contributed by atoms with Crippen LogP contribution in [0.25, 0.3) is 0 Å². The highest BCUT2D eigenvalue weighted by atomic mass is 16.2. The van der Waals surface area contributed by atoms with E-state index in [0.29, 0.717) is 31.5 Å². The third kappa shape index (κ3) is 6.57. The molecule has 0 aromatic heterocycles. The second-order valence-corrected chi connectivity index (χ2v) is 5.10. The van der Waals surface area contributed by atoms with Crippen molar-refractivity contribution in [2.75, 3.05) is 13.1 Å². The summed E-state index contributed by atoms with van der Waals surface area (Å²) in [7, 11) is 0. The van der Waals surface area contributed by atoms with Gasteiger partial charge in [-0.2, -0.15) is 5.26 Å². The molecule has 0 fully saturated rings. The number of amides is 2. The van der Waals surface area contributed by atoms with Gasteiger partial charge in [-0.3, -0.25) is 9.59 Å². The van der Waals surface area contributed by atoms with Gasteiger partial charge in [-0.15, -0.1) is 0 Å². The quantitative estimate of drug-likeness (QED) is 0.743. The average molecular weight is 287 g/mol. The minimum absolute atomic E-state index is 0.0122. The summed E-state index contributed by atoms with van der Waals surface area (Å²) in [5.41, 5.74) is 1.64. The van der Waals surface area contributed by atoms with E-state index >= 15 is 0 Å². The Balaban J connectivity index is 2.19. The molecule has 0 bridgehead atoms. The van der Waals surface area contributed by atoms with Crippen LogP contribution in [0.5, 0.6) is 0 Å². The fraction of sp³-hybridized carbons (Fsp3) is 0.438. The van der Waals surface area contributed by atoms with E-state index in [4.69, 9.17) is 5.26 Å². The van der Waals surface area contributed by atoms with Crippen LogP contribution in [0, 0.1) is 17.2 Å². The maximum Gasteiger partial charge on any atom is 0.222 e. The molecular weight excluding hydrogens is 266 g/mol. The second kappa shape index (κ2) is 8.75. The number of nitrogens with one attached hydrogen (secondary N) is 2. The minimum Gasteiger partial charge on any atom is -0.354 e. The Bertz CT molecular complexity index is 515. The Labute approximate surface area is 125 Å². The first-order valence-electron chi connectivity index (χ1n) is 7.06. The number of rotatable bonds is 7. The van der Waals surface area contributed by atoms with Gasteiger partial charge in [0.25, 0.3) is 0 Å². The van der Waals surface area contributed by atoms with Crippen molar-refractivity contribution in [3.63, 3.8) is 0 Å². The van der Waals surface area contributed by atoms with E-state index in [1.54, 1.807) is 12.1 Å². The highest BCUT2D eigenvalue weighted by Gasteiger charge is 2.06. The van der Waals surface area contributed by atoms with Crippen LogP contribution in [-0.4, -0.2) is 24.9 Å². The van der Waals surface area contributed by atoms with E-state index in [1.807, 2.05) is 26.0 Å². The van der Waals surface area contributed by atoms with E-state index in [9.17, 15) is 9.59 Å². The summed E-state index contributed by atoms with van der Waals surface area (Å²) in [6, 6.07) is 9.26. The molecule has 5 nitrogen and oxygen atoms in total. The summed E-state index contributed by atoms with van der Waals surface area (Å²) < 4.78 is 0. The molecule has 0 atom stereocenters. The Hall–Kier alpha value is -2.35. The van der Waals surface area contributed by atoms with Gasteiger partial charge in [-0.1, -0.05) is 26.0 Å². The first kappa shape index (κ1) is 16.7. The fourth-order valence-electron chi connectivity index (χ4n) is 1.68.